The molecule has 0 aliphatic rings. The van der Waals surface area contributed by atoms with Gasteiger partial charge in [-0.15, -0.1) is 0 Å². The van der Waals surface area contributed by atoms with Crippen LogP contribution < -0.4 is 14.8 Å². The van der Waals surface area contributed by atoms with E-state index in [0.29, 0.717) is 30.3 Å². The Morgan fingerprint density at radius 3 is 2.09 bits per heavy atom. The largest absolute Gasteiger partial charge is 0.496 e. The lowest BCUT2D eigenvalue weighted by atomic mass is 9.97. The van der Waals surface area contributed by atoms with E-state index in [9.17, 15) is 14.7 Å². The minimum atomic E-state index is -1.12. The second-order valence-electron chi connectivity index (χ2n) is 8.00. The molecule has 2 aromatic rings. The number of rotatable bonds is 12. The van der Waals surface area contributed by atoms with Crippen LogP contribution in [0.2, 0.25) is 0 Å². The summed E-state index contributed by atoms with van der Waals surface area (Å²) < 4.78 is 16.7. The van der Waals surface area contributed by atoms with Crippen LogP contribution in [-0.2, 0) is 27.4 Å². The standard InChI is InChI=1S/C26H32ClNO6/c1-6-34-15-18-12-22(32-4)24(23(13-18)33-5)19-9-7-17(8-10-19)11-21(26(30)31)28-25(29)20(14-27)16(2)3/h7-10,12-14,16,21H,6,11,15H2,1-5H3,(H,28,29)(H,30,31)/b20-14-/t21-/m0/s1. The number of benzene rings is 2. The van der Waals surface area contributed by atoms with Crippen LogP contribution in [0.3, 0.4) is 0 Å². The fourth-order valence-electron chi connectivity index (χ4n) is 3.48. The molecule has 0 saturated carbocycles. The quantitative estimate of drug-likeness (QED) is 0.416. The molecule has 0 bridgehead atoms. The third-order valence-corrected chi connectivity index (χ3v) is 5.56. The smallest absolute Gasteiger partial charge is 0.326 e. The van der Waals surface area contributed by atoms with Gasteiger partial charge in [0.2, 0.25) is 5.91 Å². The van der Waals surface area contributed by atoms with Crippen LogP contribution in [-0.4, -0.2) is 43.9 Å². The average Bonchev–Trinajstić information content (AvgIpc) is 2.82. The molecule has 0 fully saturated rings. The van der Waals surface area contributed by atoms with Crippen LogP contribution >= 0.6 is 11.6 Å². The first-order valence-corrected chi connectivity index (χ1v) is 11.4. The molecule has 34 heavy (non-hydrogen) atoms. The SMILES string of the molecule is CCOCc1cc(OC)c(-c2ccc(C[C@H](NC(=O)/C(=C\Cl)C(C)C)C(=O)O)cc2)c(OC)c1. The summed E-state index contributed by atoms with van der Waals surface area (Å²) in [4.78, 5) is 24.2. The van der Waals surface area contributed by atoms with Crippen molar-refractivity contribution in [2.75, 3.05) is 20.8 Å². The van der Waals surface area contributed by atoms with E-state index in [1.165, 1.54) is 5.54 Å². The second kappa shape index (κ2) is 13.0. The normalized spacial score (nSPS) is 12.4. The zero-order valence-electron chi connectivity index (χ0n) is 20.2. The Morgan fingerprint density at radius 2 is 1.65 bits per heavy atom. The molecule has 0 radical (unpaired) electrons. The third-order valence-electron chi connectivity index (χ3n) is 5.33. The van der Waals surface area contributed by atoms with Crippen molar-refractivity contribution in [3.8, 4) is 22.6 Å². The van der Waals surface area contributed by atoms with Gasteiger partial charge < -0.3 is 24.6 Å². The molecule has 2 aromatic carbocycles. The van der Waals surface area contributed by atoms with Crippen LogP contribution in [0.4, 0.5) is 0 Å². The van der Waals surface area contributed by atoms with Gasteiger partial charge in [-0.05, 0) is 41.7 Å². The number of amides is 1. The van der Waals surface area contributed by atoms with Gasteiger partial charge in [0.05, 0.1) is 26.4 Å². The summed E-state index contributed by atoms with van der Waals surface area (Å²) in [5.41, 5.74) is 4.84. The first kappa shape index (κ1) is 27.2. The summed E-state index contributed by atoms with van der Waals surface area (Å²) >= 11 is 5.74. The number of nitrogens with one attached hydrogen (secondary N) is 1. The number of hydrogen-bond donors (Lipinski definition) is 2. The molecule has 0 aromatic heterocycles. The van der Waals surface area contributed by atoms with Gasteiger partial charge in [0.1, 0.15) is 17.5 Å². The number of ether oxygens (including phenoxy) is 3. The lowest BCUT2D eigenvalue weighted by Crippen LogP contribution is -2.43. The highest BCUT2D eigenvalue weighted by atomic mass is 35.5. The summed E-state index contributed by atoms with van der Waals surface area (Å²) in [5, 5.41) is 12.2. The summed E-state index contributed by atoms with van der Waals surface area (Å²) in [6, 6.07) is 10.1. The minimum absolute atomic E-state index is 0.122. The van der Waals surface area contributed by atoms with Gasteiger partial charge in [-0.1, -0.05) is 49.7 Å². The van der Waals surface area contributed by atoms with Gasteiger partial charge in [0, 0.05) is 24.1 Å². The molecule has 1 atom stereocenters. The zero-order valence-corrected chi connectivity index (χ0v) is 20.9. The predicted molar refractivity (Wildman–Crippen MR) is 132 cm³/mol. The van der Waals surface area contributed by atoms with Gasteiger partial charge >= 0.3 is 5.97 Å². The Balaban J connectivity index is 2.28. The van der Waals surface area contributed by atoms with E-state index in [0.717, 1.165) is 22.3 Å². The van der Waals surface area contributed by atoms with E-state index in [4.69, 9.17) is 25.8 Å². The van der Waals surface area contributed by atoms with Crippen molar-refractivity contribution in [1.29, 1.82) is 0 Å². The molecule has 1 amide bonds. The van der Waals surface area contributed by atoms with Crippen LogP contribution in [0.5, 0.6) is 11.5 Å². The monoisotopic (exact) mass is 489 g/mol. The van der Waals surface area contributed by atoms with Crippen molar-refractivity contribution in [1.82, 2.24) is 5.32 Å². The van der Waals surface area contributed by atoms with Crippen molar-refractivity contribution in [3.05, 3.63) is 58.6 Å². The van der Waals surface area contributed by atoms with E-state index in [-0.39, 0.29) is 12.3 Å². The molecule has 8 heteroatoms. The molecule has 7 nitrogen and oxygen atoms in total. The van der Waals surface area contributed by atoms with Gasteiger partial charge in [-0.2, -0.15) is 0 Å². The molecule has 0 saturated heterocycles. The summed E-state index contributed by atoms with van der Waals surface area (Å²) in [7, 11) is 3.19. The fourth-order valence-corrected chi connectivity index (χ4v) is 3.83. The van der Waals surface area contributed by atoms with Crippen molar-refractivity contribution in [2.24, 2.45) is 5.92 Å². The van der Waals surface area contributed by atoms with E-state index < -0.39 is 17.9 Å². The van der Waals surface area contributed by atoms with Gasteiger partial charge in [0.25, 0.3) is 0 Å². The molecule has 0 unspecified atom stereocenters. The molecule has 0 aliphatic heterocycles. The molecule has 0 heterocycles. The first-order chi connectivity index (χ1) is 16.2. The molecule has 0 spiro atoms. The van der Waals surface area contributed by atoms with Crippen LogP contribution in [0.15, 0.2) is 47.5 Å². The average molecular weight is 490 g/mol. The second-order valence-corrected chi connectivity index (χ2v) is 8.22. The van der Waals surface area contributed by atoms with Crippen molar-refractivity contribution in [2.45, 2.75) is 39.8 Å². The third kappa shape index (κ3) is 6.98. The Hall–Kier alpha value is -3.03. The van der Waals surface area contributed by atoms with Crippen LogP contribution in [0, 0.1) is 5.92 Å². The molecule has 0 aliphatic carbocycles. The van der Waals surface area contributed by atoms with Crippen molar-refractivity contribution < 1.29 is 28.9 Å². The van der Waals surface area contributed by atoms with E-state index in [2.05, 4.69) is 5.32 Å². The maximum atomic E-state index is 12.4. The number of methoxy groups -OCH3 is 2. The number of carbonyl (C=O) groups is 2. The highest BCUT2D eigenvalue weighted by Gasteiger charge is 2.23. The Bertz CT molecular complexity index is 991. The van der Waals surface area contributed by atoms with Gasteiger partial charge in [-0.3, -0.25) is 4.79 Å². The Morgan fingerprint density at radius 1 is 1.06 bits per heavy atom. The lowest BCUT2D eigenvalue weighted by Gasteiger charge is -2.18. The summed E-state index contributed by atoms with van der Waals surface area (Å²) in [6.45, 7) is 6.61. The van der Waals surface area contributed by atoms with Crippen LogP contribution in [0.25, 0.3) is 11.1 Å². The van der Waals surface area contributed by atoms with E-state index in [1.54, 1.807) is 14.2 Å². The molecule has 2 rings (SSSR count). The van der Waals surface area contributed by atoms with Crippen molar-refractivity contribution in [3.63, 3.8) is 0 Å². The highest BCUT2D eigenvalue weighted by Crippen LogP contribution is 2.40. The molecule has 2 N–H and O–H groups in total. The van der Waals surface area contributed by atoms with E-state index >= 15 is 0 Å². The minimum Gasteiger partial charge on any atom is -0.496 e. The lowest BCUT2D eigenvalue weighted by molar-refractivity contribution is -0.141. The number of hydrogen-bond acceptors (Lipinski definition) is 5. The van der Waals surface area contributed by atoms with E-state index in [1.807, 2.05) is 57.2 Å². The number of carboxylic acid groups (broad SMARTS) is 1. The Kier molecular flexibility index (Phi) is 10.4. The van der Waals surface area contributed by atoms with Gasteiger partial charge in [-0.25, -0.2) is 4.79 Å². The summed E-state index contributed by atoms with van der Waals surface area (Å²) in [6.07, 6.45) is 0.122. The maximum Gasteiger partial charge on any atom is 0.326 e. The molecule has 184 valence electrons. The highest BCUT2D eigenvalue weighted by molar-refractivity contribution is 6.27. The van der Waals surface area contributed by atoms with Crippen LogP contribution in [0.1, 0.15) is 31.9 Å². The van der Waals surface area contributed by atoms with Gasteiger partial charge in [0.15, 0.2) is 0 Å². The topological polar surface area (TPSA) is 94.1 Å². The number of carboxylic acids is 1. The maximum absolute atomic E-state index is 12.4. The predicted octanol–water partition coefficient (Wildman–Crippen LogP) is 4.80. The first-order valence-electron chi connectivity index (χ1n) is 11.0. The number of halogens is 1. The summed E-state index contributed by atoms with van der Waals surface area (Å²) in [5.74, 6) is -0.451. The molecular weight excluding hydrogens is 458 g/mol. The molecular formula is C26H32ClNO6. The zero-order chi connectivity index (χ0) is 25.3. The number of aliphatic carboxylic acids is 1. The fraction of sp³-hybridized carbons (Fsp3) is 0.385. The number of carbonyl (C=O) groups excluding carboxylic acids is 1. The Labute approximate surface area is 205 Å². The van der Waals surface area contributed by atoms with Crippen molar-refractivity contribution >= 4 is 23.5 Å².